The van der Waals surface area contributed by atoms with E-state index in [2.05, 4.69) is 5.16 Å². The first kappa shape index (κ1) is 8.19. The van der Waals surface area contributed by atoms with E-state index in [0.717, 1.165) is 4.88 Å². The van der Waals surface area contributed by atoms with Crippen LogP contribution in [0.25, 0.3) is 10.6 Å². The van der Waals surface area contributed by atoms with E-state index in [0.29, 0.717) is 17.7 Å². The molecule has 2 heterocycles. The molecule has 0 fully saturated rings. The number of carbonyl (C=O) groups excluding carboxylic acids is 1. The highest BCUT2D eigenvalue weighted by Gasteiger charge is 2.07. The topological polar surface area (TPSA) is 43.1 Å². The number of aromatic nitrogens is 1. The van der Waals surface area contributed by atoms with Crippen LogP contribution in [0.5, 0.6) is 0 Å². The Labute approximate surface area is 79.0 Å². The molecule has 0 saturated carbocycles. The van der Waals surface area contributed by atoms with Gasteiger partial charge in [0.1, 0.15) is 5.69 Å². The Morgan fingerprint density at radius 1 is 1.54 bits per heavy atom. The molecule has 2 rings (SSSR count). The van der Waals surface area contributed by atoms with E-state index in [1.54, 1.807) is 17.4 Å². The van der Waals surface area contributed by atoms with Crippen molar-refractivity contribution in [3.8, 4) is 10.6 Å². The van der Waals surface area contributed by atoms with E-state index < -0.39 is 0 Å². The van der Waals surface area contributed by atoms with Crippen LogP contribution in [0, 0.1) is 6.92 Å². The van der Waals surface area contributed by atoms with Crippen molar-refractivity contribution >= 4 is 17.6 Å². The van der Waals surface area contributed by atoms with E-state index in [1.807, 2.05) is 19.1 Å². The van der Waals surface area contributed by atoms with Crippen LogP contribution in [0.4, 0.5) is 0 Å². The Bertz CT molecular complexity index is 430. The average molecular weight is 193 g/mol. The van der Waals surface area contributed by atoms with Gasteiger partial charge >= 0.3 is 0 Å². The molecule has 2 aromatic heterocycles. The van der Waals surface area contributed by atoms with Gasteiger partial charge in [0.2, 0.25) is 0 Å². The zero-order chi connectivity index (χ0) is 9.26. The Balaban J connectivity index is 2.40. The smallest absolute Gasteiger partial charge is 0.177 e. The monoisotopic (exact) mass is 193 g/mol. The second-order valence-electron chi connectivity index (χ2n) is 2.64. The molecule has 0 atom stereocenters. The van der Waals surface area contributed by atoms with E-state index in [1.165, 1.54) is 4.88 Å². The lowest BCUT2D eigenvalue weighted by Gasteiger charge is -1.83. The quantitative estimate of drug-likeness (QED) is 0.688. The van der Waals surface area contributed by atoms with Gasteiger partial charge in [-0.2, -0.15) is 0 Å². The molecule has 0 spiro atoms. The lowest BCUT2D eigenvalue weighted by Crippen LogP contribution is -1.72. The van der Waals surface area contributed by atoms with E-state index in [-0.39, 0.29) is 0 Å². The Hall–Kier alpha value is -1.42. The van der Waals surface area contributed by atoms with E-state index in [9.17, 15) is 4.79 Å². The molecule has 0 aliphatic rings. The molecular formula is C9H7NO2S. The first-order valence-electron chi connectivity index (χ1n) is 3.78. The van der Waals surface area contributed by atoms with Crippen molar-refractivity contribution in [1.82, 2.24) is 5.16 Å². The van der Waals surface area contributed by atoms with Crippen LogP contribution in [0.1, 0.15) is 15.4 Å². The minimum absolute atomic E-state index is 0.334. The summed E-state index contributed by atoms with van der Waals surface area (Å²) in [6, 6.07) is 5.59. The second-order valence-corrected chi connectivity index (χ2v) is 3.93. The van der Waals surface area contributed by atoms with Gasteiger partial charge in [-0.1, -0.05) is 5.16 Å². The largest absolute Gasteiger partial charge is 0.355 e. The Morgan fingerprint density at radius 3 is 2.92 bits per heavy atom. The first-order valence-corrected chi connectivity index (χ1v) is 4.60. The maximum Gasteiger partial charge on any atom is 0.177 e. The number of rotatable bonds is 2. The fourth-order valence-electron chi connectivity index (χ4n) is 1.03. The van der Waals surface area contributed by atoms with Gasteiger partial charge in [0.05, 0.1) is 4.88 Å². The molecule has 4 heteroatoms. The maximum absolute atomic E-state index is 10.3. The number of thiophene rings is 1. The third kappa shape index (κ3) is 1.53. The standard InChI is InChI=1S/C9H7NO2S/c1-6-2-3-9(13-6)8-4-7(5-11)10-12-8/h2-5H,1H3. The molecule has 0 bridgehead atoms. The van der Waals surface area contributed by atoms with E-state index >= 15 is 0 Å². The first-order chi connectivity index (χ1) is 6.29. The van der Waals surface area contributed by atoms with E-state index in [4.69, 9.17) is 4.52 Å². The minimum Gasteiger partial charge on any atom is -0.355 e. The number of hydrogen-bond donors (Lipinski definition) is 0. The fourth-order valence-corrected chi connectivity index (χ4v) is 1.84. The highest BCUT2D eigenvalue weighted by Crippen LogP contribution is 2.27. The SMILES string of the molecule is Cc1ccc(-c2cc(C=O)no2)s1. The molecule has 0 N–H and O–H groups in total. The van der Waals surface area contributed by atoms with Gasteiger partial charge < -0.3 is 4.52 Å². The number of carbonyl (C=O) groups is 1. The molecular weight excluding hydrogens is 186 g/mol. The van der Waals surface area contributed by atoms with Crippen molar-refractivity contribution in [2.24, 2.45) is 0 Å². The third-order valence-corrected chi connectivity index (χ3v) is 2.65. The zero-order valence-electron chi connectivity index (χ0n) is 6.98. The van der Waals surface area contributed by atoms with Gasteiger partial charge in [0.15, 0.2) is 12.0 Å². The second kappa shape index (κ2) is 3.14. The molecule has 0 aliphatic heterocycles. The van der Waals surface area contributed by atoms with Crippen molar-refractivity contribution in [3.63, 3.8) is 0 Å². The average Bonchev–Trinajstić information content (AvgIpc) is 2.71. The number of nitrogens with zero attached hydrogens (tertiary/aromatic N) is 1. The van der Waals surface area contributed by atoms with Gasteiger partial charge in [-0.05, 0) is 19.1 Å². The summed E-state index contributed by atoms with van der Waals surface area (Å²) < 4.78 is 4.98. The summed E-state index contributed by atoms with van der Waals surface area (Å²) in [7, 11) is 0. The summed E-state index contributed by atoms with van der Waals surface area (Å²) in [5.74, 6) is 0.653. The van der Waals surface area contributed by atoms with Crippen molar-refractivity contribution < 1.29 is 9.32 Å². The summed E-state index contributed by atoms with van der Waals surface area (Å²) in [6.45, 7) is 2.02. The van der Waals surface area contributed by atoms with Crippen LogP contribution < -0.4 is 0 Å². The van der Waals surface area contributed by atoms with Crippen LogP contribution in [0.3, 0.4) is 0 Å². The van der Waals surface area contributed by atoms with Gasteiger partial charge in [-0.15, -0.1) is 11.3 Å². The Morgan fingerprint density at radius 2 is 2.38 bits per heavy atom. The fraction of sp³-hybridized carbons (Fsp3) is 0.111. The predicted molar refractivity (Wildman–Crippen MR) is 49.9 cm³/mol. The summed E-state index contributed by atoms with van der Waals surface area (Å²) in [4.78, 5) is 12.5. The van der Waals surface area contributed by atoms with Crippen LogP contribution in [0.15, 0.2) is 22.7 Å². The molecule has 0 saturated heterocycles. The van der Waals surface area contributed by atoms with Crippen LogP contribution in [0.2, 0.25) is 0 Å². The summed E-state index contributed by atoms with van der Waals surface area (Å²) in [5.41, 5.74) is 0.334. The van der Waals surface area contributed by atoms with Crippen LogP contribution in [-0.4, -0.2) is 11.4 Å². The van der Waals surface area contributed by atoms with Crippen molar-refractivity contribution in [1.29, 1.82) is 0 Å². The lowest BCUT2D eigenvalue weighted by atomic mass is 10.3. The summed E-state index contributed by atoms with van der Waals surface area (Å²) >= 11 is 1.61. The molecule has 0 unspecified atom stereocenters. The van der Waals surface area contributed by atoms with Gasteiger partial charge in [-0.25, -0.2) is 0 Å². The molecule has 66 valence electrons. The highest BCUT2D eigenvalue weighted by atomic mass is 32.1. The summed E-state index contributed by atoms with van der Waals surface area (Å²) in [5, 5.41) is 3.58. The third-order valence-electron chi connectivity index (χ3n) is 1.63. The maximum atomic E-state index is 10.3. The lowest BCUT2D eigenvalue weighted by molar-refractivity contribution is 0.111. The van der Waals surface area contributed by atoms with Crippen molar-refractivity contribution in [2.75, 3.05) is 0 Å². The van der Waals surface area contributed by atoms with Gasteiger partial charge in [0.25, 0.3) is 0 Å². The molecule has 0 radical (unpaired) electrons. The molecule has 2 aromatic rings. The Kier molecular flexibility index (Phi) is 1.98. The molecule has 13 heavy (non-hydrogen) atoms. The van der Waals surface area contributed by atoms with Crippen molar-refractivity contribution in [3.05, 3.63) is 28.8 Å². The van der Waals surface area contributed by atoms with Crippen molar-refractivity contribution in [2.45, 2.75) is 6.92 Å². The molecule has 0 amide bonds. The van der Waals surface area contributed by atoms with Gasteiger partial charge in [-0.3, -0.25) is 4.79 Å². The van der Waals surface area contributed by atoms with Crippen LogP contribution >= 0.6 is 11.3 Å². The molecule has 0 aliphatic carbocycles. The summed E-state index contributed by atoms with van der Waals surface area (Å²) in [6.07, 6.45) is 0.674. The number of aryl methyl sites for hydroxylation is 1. The minimum atomic E-state index is 0.334. The number of aldehydes is 1. The zero-order valence-corrected chi connectivity index (χ0v) is 7.80. The van der Waals surface area contributed by atoms with Crippen LogP contribution in [-0.2, 0) is 0 Å². The molecule has 0 aromatic carbocycles. The predicted octanol–water partition coefficient (Wildman–Crippen LogP) is 2.52. The highest BCUT2D eigenvalue weighted by molar-refractivity contribution is 7.15. The molecule has 3 nitrogen and oxygen atoms in total. The normalized spacial score (nSPS) is 10.2. The number of hydrogen-bond acceptors (Lipinski definition) is 4. The van der Waals surface area contributed by atoms with Gasteiger partial charge in [0, 0.05) is 10.9 Å².